The number of anilines is 1. The van der Waals surface area contributed by atoms with Gasteiger partial charge in [0.1, 0.15) is 6.10 Å². The number of pyridine rings is 1. The maximum atomic E-state index is 12.8. The standard InChI is InChI=1S/C24H34N4O4/c29-23(30)18-6-13-26(14-7-18)12-5-17-1-2-21-22(17)32-24(31)28(21)20-8-15-27(16-9-20)19-3-10-25-11-4-19/h3-4,10-11,17-18,20-22H,1-2,5-9,12-16H2,(H,29,30). The van der Waals surface area contributed by atoms with Crippen LogP contribution in [0, 0.1) is 11.8 Å². The highest BCUT2D eigenvalue weighted by atomic mass is 16.6. The van der Waals surface area contributed by atoms with Gasteiger partial charge in [0.25, 0.3) is 0 Å². The van der Waals surface area contributed by atoms with Gasteiger partial charge in [0.15, 0.2) is 0 Å². The zero-order valence-corrected chi connectivity index (χ0v) is 18.6. The van der Waals surface area contributed by atoms with Crippen molar-refractivity contribution in [1.82, 2.24) is 14.8 Å². The van der Waals surface area contributed by atoms with E-state index in [1.165, 1.54) is 5.69 Å². The number of ether oxygens (including phenoxy) is 1. The number of carbonyl (C=O) groups is 2. The number of carbonyl (C=O) groups excluding carboxylic acids is 1. The average molecular weight is 443 g/mol. The monoisotopic (exact) mass is 442 g/mol. The highest BCUT2D eigenvalue weighted by Gasteiger charge is 2.51. The molecule has 8 nitrogen and oxygen atoms in total. The molecule has 5 rings (SSSR count). The van der Waals surface area contributed by atoms with Gasteiger partial charge in [-0.1, -0.05) is 0 Å². The van der Waals surface area contributed by atoms with Crippen LogP contribution in [0.1, 0.15) is 44.9 Å². The number of carboxylic acid groups (broad SMARTS) is 1. The lowest BCUT2D eigenvalue weighted by molar-refractivity contribution is -0.143. The number of likely N-dealkylation sites (tertiary alicyclic amines) is 1. The van der Waals surface area contributed by atoms with E-state index >= 15 is 0 Å². The minimum atomic E-state index is -0.659. The molecule has 3 saturated heterocycles. The molecule has 4 aliphatic rings. The second-order valence-corrected chi connectivity index (χ2v) is 9.83. The molecule has 3 unspecified atom stereocenters. The minimum absolute atomic E-state index is 0.0253. The van der Waals surface area contributed by atoms with Gasteiger partial charge in [-0.15, -0.1) is 0 Å². The van der Waals surface area contributed by atoms with Gasteiger partial charge in [-0.2, -0.15) is 0 Å². The number of rotatable bonds is 6. The number of aromatic nitrogens is 1. The molecule has 3 aliphatic heterocycles. The van der Waals surface area contributed by atoms with Gasteiger partial charge in [-0.25, -0.2) is 4.79 Å². The van der Waals surface area contributed by atoms with Gasteiger partial charge in [-0.05, 0) is 82.6 Å². The number of hydrogen-bond donors (Lipinski definition) is 1. The molecular weight excluding hydrogens is 408 g/mol. The summed E-state index contributed by atoms with van der Waals surface area (Å²) in [6.45, 7) is 4.60. The molecular formula is C24H34N4O4. The molecule has 32 heavy (non-hydrogen) atoms. The number of piperidine rings is 2. The lowest BCUT2D eigenvalue weighted by Crippen LogP contribution is -2.48. The molecule has 1 saturated carbocycles. The van der Waals surface area contributed by atoms with Crippen LogP contribution in [-0.2, 0) is 9.53 Å². The molecule has 1 N–H and O–H groups in total. The van der Waals surface area contributed by atoms with Crippen molar-refractivity contribution in [2.75, 3.05) is 37.6 Å². The Bertz CT molecular complexity index is 805. The van der Waals surface area contributed by atoms with E-state index < -0.39 is 5.97 Å². The number of hydrogen-bond acceptors (Lipinski definition) is 6. The molecule has 8 heteroatoms. The smallest absolute Gasteiger partial charge is 0.410 e. The summed E-state index contributed by atoms with van der Waals surface area (Å²) in [6.07, 6.45) is 10.2. The Balaban J connectivity index is 1.12. The van der Waals surface area contributed by atoms with Crippen molar-refractivity contribution in [1.29, 1.82) is 0 Å². The topological polar surface area (TPSA) is 86.2 Å². The van der Waals surface area contributed by atoms with Crippen LogP contribution in [0.15, 0.2) is 24.5 Å². The first kappa shape index (κ1) is 21.5. The van der Waals surface area contributed by atoms with E-state index in [4.69, 9.17) is 4.74 Å². The summed E-state index contributed by atoms with van der Waals surface area (Å²) in [5.41, 5.74) is 1.20. The summed E-state index contributed by atoms with van der Waals surface area (Å²) < 4.78 is 5.93. The van der Waals surface area contributed by atoms with Gasteiger partial charge < -0.3 is 19.6 Å². The summed E-state index contributed by atoms with van der Waals surface area (Å²) in [5.74, 6) is -0.424. The molecule has 4 heterocycles. The minimum Gasteiger partial charge on any atom is -0.481 e. The van der Waals surface area contributed by atoms with Crippen molar-refractivity contribution in [3.63, 3.8) is 0 Å². The van der Waals surface area contributed by atoms with E-state index in [1.54, 1.807) is 0 Å². The molecule has 1 aromatic heterocycles. The van der Waals surface area contributed by atoms with Crippen molar-refractivity contribution in [2.24, 2.45) is 11.8 Å². The fourth-order valence-electron chi connectivity index (χ4n) is 6.25. The van der Waals surface area contributed by atoms with Crippen molar-refractivity contribution in [3.8, 4) is 0 Å². The quantitative estimate of drug-likeness (QED) is 0.725. The van der Waals surface area contributed by atoms with E-state index in [2.05, 4.69) is 19.7 Å². The number of nitrogens with zero attached hydrogens (tertiary/aromatic N) is 4. The van der Waals surface area contributed by atoms with Crippen LogP contribution in [-0.4, -0.2) is 82.9 Å². The SMILES string of the molecule is O=C(O)C1CCN(CCC2CCC3C2OC(=O)N3C2CCN(c3ccncc3)CC2)CC1. The van der Waals surface area contributed by atoms with Gasteiger partial charge in [0.05, 0.1) is 12.0 Å². The van der Waals surface area contributed by atoms with Crippen LogP contribution in [0.3, 0.4) is 0 Å². The molecule has 0 aromatic carbocycles. The van der Waals surface area contributed by atoms with Crippen molar-refractivity contribution < 1.29 is 19.4 Å². The Labute approximate surface area is 189 Å². The molecule has 174 valence electrons. The molecule has 0 bridgehead atoms. The lowest BCUT2D eigenvalue weighted by atomic mass is 9.95. The van der Waals surface area contributed by atoms with Crippen LogP contribution in [0.2, 0.25) is 0 Å². The Morgan fingerprint density at radius 2 is 1.75 bits per heavy atom. The number of fused-ring (bicyclic) bond motifs is 1. The summed E-state index contributed by atoms with van der Waals surface area (Å²) >= 11 is 0. The number of carboxylic acids is 1. The van der Waals surface area contributed by atoms with Gasteiger partial charge in [0.2, 0.25) is 0 Å². The van der Waals surface area contributed by atoms with Crippen molar-refractivity contribution >= 4 is 17.7 Å². The van der Waals surface area contributed by atoms with Crippen LogP contribution in [0.25, 0.3) is 0 Å². The molecule has 1 aliphatic carbocycles. The normalized spacial score (nSPS) is 29.9. The molecule has 3 atom stereocenters. The van der Waals surface area contributed by atoms with Crippen LogP contribution < -0.4 is 4.90 Å². The third-order valence-corrected chi connectivity index (χ3v) is 8.12. The van der Waals surface area contributed by atoms with E-state index in [9.17, 15) is 14.7 Å². The molecule has 0 spiro atoms. The number of aliphatic carboxylic acids is 1. The zero-order valence-electron chi connectivity index (χ0n) is 18.6. The summed E-state index contributed by atoms with van der Waals surface area (Å²) in [6, 6.07) is 4.59. The zero-order chi connectivity index (χ0) is 22.1. The van der Waals surface area contributed by atoms with Crippen molar-refractivity contribution in [3.05, 3.63) is 24.5 Å². The molecule has 0 radical (unpaired) electrons. The molecule has 1 amide bonds. The summed E-state index contributed by atoms with van der Waals surface area (Å²) in [7, 11) is 0. The average Bonchev–Trinajstić information content (AvgIpc) is 3.36. The van der Waals surface area contributed by atoms with E-state index in [0.717, 1.165) is 77.7 Å². The van der Waals surface area contributed by atoms with Gasteiger partial charge >= 0.3 is 12.1 Å². The first-order chi connectivity index (χ1) is 15.6. The highest BCUT2D eigenvalue weighted by Crippen LogP contribution is 2.41. The first-order valence-corrected chi connectivity index (χ1v) is 12.2. The largest absolute Gasteiger partial charge is 0.481 e. The van der Waals surface area contributed by atoms with Crippen LogP contribution in [0.5, 0.6) is 0 Å². The van der Waals surface area contributed by atoms with E-state index in [1.807, 2.05) is 24.5 Å². The Hall–Kier alpha value is -2.35. The fraction of sp³-hybridized carbons (Fsp3) is 0.708. The van der Waals surface area contributed by atoms with E-state index in [0.29, 0.717) is 5.92 Å². The second kappa shape index (κ2) is 9.25. The Morgan fingerprint density at radius 3 is 2.44 bits per heavy atom. The summed E-state index contributed by atoms with van der Waals surface area (Å²) in [5, 5.41) is 9.18. The Morgan fingerprint density at radius 1 is 1.03 bits per heavy atom. The fourth-order valence-corrected chi connectivity index (χ4v) is 6.25. The second-order valence-electron chi connectivity index (χ2n) is 9.83. The maximum absolute atomic E-state index is 12.8. The molecule has 1 aromatic rings. The lowest BCUT2D eigenvalue weighted by Gasteiger charge is -2.38. The van der Waals surface area contributed by atoms with Gasteiger partial charge in [-0.3, -0.25) is 14.7 Å². The predicted octanol–water partition coefficient (Wildman–Crippen LogP) is 2.84. The predicted molar refractivity (Wildman–Crippen MR) is 120 cm³/mol. The first-order valence-electron chi connectivity index (χ1n) is 12.2. The number of amides is 1. The van der Waals surface area contributed by atoms with Crippen LogP contribution >= 0.6 is 0 Å². The third kappa shape index (κ3) is 4.29. The highest BCUT2D eigenvalue weighted by molar-refractivity contribution is 5.71. The summed E-state index contributed by atoms with van der Waals surface area (Å²) in [4.78, 5) is 34.9. The third-order valence-electron chi connectivity index (χ3n) is 8.12. The van der Waals surface area contributed by atoms with Crippen molar-refractivity contribution in [2.45, 2.75) is 63.1 Å². The Kier molecular flexibility index (Phi) is 6.22. The molecule has 4 fully saturated rings. The maximum Gasteiger partial charge on any atom is 0.410 e. The van der Waals surface area contributed by atoms with Gasteiger partial charge in [0, 0.05) is 37.2 Å². The van der Waals surface area contributed by atoms with E-state index in [-0.39, 0.29) is 30.2 Å². The van der Waals surface area contributed by atoms with Crippen LogP contribution in [0.4, 0.5) is 10.5 Å².